The van der Waals surface area contributed by atoms with E-state index in [1.807, 2.05) is 6.07 Å². The van der Waals surface area contributed by atoms with Crippen LogP contribution in [0, 0.1) is 11.3 Å². The van der Waals surface area contributed by atoms with Crippen molar-refractivity contribution in [3.05, 3.63) is 41.1 Å². The summed E-state index contributed by atoms with van der Waals surface area (Å²) in [6.07, 6.45) is 4.34. The van der Waals surface area contributed by atoms with Gasteiger partial charge in [-0.1, -0.05) is 0 Å². The number of halogens is 1. The lowest BCUT2D eigenvalue weighted by atomic mass is 10.00. The number of nitriles is 1. The van der Waals surface area contributed by atoms with Gasteiger partial charge >= 0.3 is 0 Å². The van der Waals surface area contributed by atoms with Gasteiger partial charge in [-0.15, -0.1) is 12.4 Å². The average molecular weight is 357 g/mol. The summed E-state index contributed by atoms with van der Waals surface area (Å²) in [6.45, 7) is 0.579. The normalized spacial score (nSPS) is 19.0. The van der Waals surface area contributed by atoms with Crippen LogP contribution in [0.3, 0.4) is 0 Å². The number of nitrogens with zero attached hydrogens (tertiary/aromatic N) is 2. The molecule has 0 bridgehead atoms. The van der Waals surface area contributed by atoms with Crippen LogP contribution >= 0.6 is 12.4 Å². The molecular formula is C18H17ClN4O2. The van der Waals surface area contributed by atoms with Crippen molar-refractivity contribution in [2.24, 2.45) is 0 Å². The molecule has 25 heavy (non-hydrogen) atoms. The first-order chi connectivity index (χ1) is 11.7. The Hall–Kier alpha value is -2.65. The second kappa shape index (κ2) is 6.69. The van der Waals surface area contributed by atoms with Gasteiger partial charge in [-0.25, -0.2) is 0 Å². The average Bonchev–Trinajstić information content (AvgIpc) is 3.37. The molecule has 2 aliphatic rings. The van der Waals surface area contributed by atoms with E-state index < -0.39 is 6.04 Å². The summed E-state index contributed by atoms with van der Waals surface area (Å²) < 4.78 is 0. The maximum Gasteiger partial charge on any atom is 0.253 e. The Kier molecular flexibility index (Phi) is 4.60. The van der Waals surface area contributed by atoms with Gasteiger partial charge < -0.3 is 10.6 Å². The molecule has 2 fully saturated rings. The van der Waals surface area contributed by atoms with Crippen LogP contribution in [0.5, 0.6) is 0 Å². The van der Waals surface area contributed by atoms with Gasteiger partial charge in [0.05, 0.1) is 22.7 Å². The van der Waals surface area contributed by atoms with Crippen LogP contribution < -0.4 is 10.6 Å². The van der Waals surface area contributed by atoms with Crippen molar-refractivity contribution in [3.8, 4) is 6.07 Å². The van der Waals surface area contributed by atoms with Crippen LogP contribution in [0.4, 0.5) is 0 Å². The summed E-state index contributed by atoms with van der Waals surface area (Å²) in [4.78, 5) is 28.3. The predicted octanol–water partition coefficient (Wildman–Crippen LogP) is 2.02. The monoisotopic (exact) mass is 356 g/mol. The summed E-state index contributed by atoms with van der Waals surface area (Å²) in [5.41, 5.74) is 2.88. The molecule has 2 aromatic rings. The van der Waals surface area contributed by atoms with Crippen LogP contribution in [0.2, 0.25) is 0 Å². The van der Waals surface area contributed by atoms with Crippen molar-refractivity contribution in [2.45, 2.75) is 31.2 Å². The molecule has 0 spiro atoms. The van der Waals surface area contributed by atoms with E-state index in [2.05, 4.69) is 21.7 Å². The number of pyridine rings is 1. The van der Waals surface area contributed by atoms with Gasteiger partial charge in [0.1, 0.15) is 6.04 Å². The quantitative estimate of drug-likeness (QED) is 0.879. The second-order valence-electron chi connectivity index (χ2n) is 6.35. The zero-order valence-electron chi connectivity index (χ0n) is 13.4. The highest BCUT2D eigenvalue weighted by atomic mass is 35.5. The minimum atomic E-state index is -0.486. The largest absolute Gasteiger partial charge is 0.354 e. The van der Waals surface area contributed by atoms with Gasteiger partial charge in [0.15, 0.2) is 0 Å². The smallest absolute Gasteiger partial charge is 0.253 e. The second-order valence-corrected chi connectivity index (χ2v) is 6.35. The number of rotatable bonds is 3. The number of benzene rings is 1. The van der Waals surface area contributed by atoms with Crippen LogP contribution in [0.25, 0.3) is 10.9 Å². The number of aromatic nitrogens is 1. The Morgan fingerprint density at radius 3 is 2.72 bits per heavy atom. The Morgan fingerprint density at radius 2 is 2.08 bits per heavy atom. The van der Waals surface area contributed by atoms with E-state index >= 15 is 0 Å². The molecule has 1 saturated heterocycles. The summed E-state index contributed by atoms with van der Waals surface area (Å²) in [7, 11) is 0. The van der Waals surface area contributed by atoms with Gasteiger partial charge in [-0.3, -0.25) is 14.6 Å². The predicted molar refractivity (Wildman–Crippen MR) is 94.6 cm³/mol. The molecular weight excluding hydrogens is 340 g/mol. The van der Waals surface area contributed by atoms with Gasteiger partial charge in [0.2, 0.25) is 5.91 Å². The molecule has 128 valence electrons. The topological polar surface area (TPSA) is 94.9 Å². The van der Waals surface area contributed by atoms with E-state index in [1.165, 1.54) is 6.20 Å². The molecule has 1 aliphatic heterocycles. The fourth-order valence-electron chi connectivity index (χ4n) is 3.12. The zero-order chi connectivity index (χ0) is 16.7. The van der Waals surface area contributed by atoms with Crippen molar-refractivity contribution >= 4 is 35.1 Å². The first kappa shape index (κ1) is 17.2. The molecule has 4 rings (SSSR count). The molecule has 2 amide bonds. The summed E-state index contributed by atoms with van der Waals surface area (Å²) in [5, 5.41) is 15.5. The Balaban J connectivity index is 0.00000182. The van der Waals surface area contributed by atoms with Crippen molar-refractivity contribution in [2.75, 3.05) is 6.54 Å². The lowest BCUT2D eigenvalue weighted by Crippen LogP contribution is -2.40. The van der Waals surface area contributed by atoms with Crippen LogP contribution in [0.15, 0.2) is 24.4 Å². The number of hydrogen-bond acceptors (Lipinski definition) is 4. The number of fused-ring (bicyclic) bond motifs is 1. The molecule has 1 aromatic carbocycles. The van der Waals surface area contributed by atoms with E-state index in [4.69, 9.17) is 0 Å². The number of hydrogen-bond donors (Lipinski definition) is 2. The van der Waals surface area contributed by atoms with E-state index in [0.29, 0.717) is 30.0 Å². The standard InChI is InChI=1S/C18H16N4O2.ClH/c19-8-12-5-11-6-13(17(23)22-15-3-4-20-18(15)24)9-21-16(11)7-14(12)10-1-2-10;/h5-7,9-10,15H,1-4H2,(H,20,24)(H,22,23);1H/t15-;/m0./s1. The molecule has 1 atom stereocenters. The molecule has 1 aromatic heterocycles. The summed E-state index contributed by atoms with van der Waals surface area (Å²) in [5.74, 6) is -0.0103. The number of nitrogens with one attached hydrogen (secondary N) is 2. The third kappa shape index (κ3) is 3.28. The lowest BCUT2D eigenvalue weighted by Gasteiger charge is -2.11. The van der Waals surface area contributed by atoms with Crippen LogP contribution in [0.1, 0.15) is 46.7 Å². The highest BCUT2D eigenvalue weighted by molar-refractivity contribution is 6.00. The zero-order valence-corrected chi connectivity index (χ0v) is 14.2. The summed E-state index contributed by atoms with van der Waals surface area (Å²) in [6, 6.07) is 7.24. The van der Waals surface area contributed by atoms with E-state index in [1.54, 1.807) is 12.1 Å². The van der Waals surface area contributed by atoms with Crippen LogP contribution in [-0.4, -0.2) is 29.4 Å². The van der Waals surface area contributed by atoms with Gasteiger partial charge in [-0.05, 0) is 48.9 Å². The molecule has 2 heterocycles. The van der Waals surface area contributed by atoms with E-state index in [-0.39, 0.29) is 24.2 Å². The number of carbonyl (C=O) groups excluding carboxylic acids is 2. The number of carbonyl (C=O) groups is 2. The Bertz CT molecular complexity index is 902. The van der Waals surface area contributed by atoms with Crippen molar-refractivity contribution in [1.29, 1.82) is 5.26 Å². The van der Waals surface area contributed by atoms with Gasteiger partial charge in [0, 0.05) is 18.1 Å². The van der Waals surface area contributed by atoms with Crippen molar-refractivity contribution in [3.63, 3.8) is 0 Å². The summed E-state index contributed by atoms with van der Waals surface area (Å²) >= 11 is 0. The molecule has 0 radical (unpaired) electrons. The number of amides is 2. The third-order valence-corrected chi connectivity index (χ3v) is 4.61. The van der Waals surface area contributed by atoms with E-state index in [9.17, 15) is 14.9 Å². The highest BCUT2D eigenvalue weighted by Crippen LogP contribution is 2.42. The Labute approximate surface area is 151 Å². The van der Waals surface area contributed by atoms with Gasteiger partial charge in [-0.2, -0.15) is 5.26 Å². The van der Waals surface area contributed by atoms with Crippen molar-refractivity contribution < 1.29 is 9.59 Å². The molecule has 6 nitrogen and oxygen atoms in total. The fourth-order valence-corrected chi connectivity index (χ4v) is 3.12. The maximum absolute atomic E-state index is 12.3. The van der Waals surface area contributed by atoms with Crippen molar-refractivity contribution in [1.82, 2.24) is 15.6 Å². The molecule has 1 aliphatic carbocycles. The maximum atomic E-state index is 12.3. The molecule has 0 unspecified atom stereocenters. The minimum Gasteiger partial charge on any atom is -0.354 e. The van der Waals surface area contributed by atoms with Crippen LogP contribution in [-0.2, 0) is 4.79 Å². The first-order valence-electron chi connectivity index (χ1n) is 8.08. The fraction of sp³-hybridized carbons (Fsp3) is 0.333. The highest BCUT2D eigenvalue weighted by Gasteiger charge is 2.28. The third-order valence-electron chi connectivity index (χ3n) is 4.61. The van der Waals surface area contributed by atoms with E-state index in [0.717, 1.165) is 29.3 Å². The molecule has 2 N–H and O–H groups in total. The molecule has 7 heteroatoms. The first-order valence-corrected chi connectivity index (χ1v) is 8.08. The van der Waals surface area contributed by atoms with Gasteiger partial charge in [0.25, 0.3) is 5.91 Å². The SMILES string of the molecule is Cl.N#Cc1cc2cc(C(=O)N[C@H]3CCNC3=O)cnc2cc1C1CC1. The molecule has 1 saturated carbocycles. The minimum absolute atomic E-state index is 0. The Morgan fingerprint density at radius 1 is 1.28 bits per heavy atom. The lowest BCUT2D eigenvalue weighted by molar-refractivity contribution is -0.120.